The molecule has 1 fully saturated rings. The maximum atomic E-state index is 12.9. The minimum Gasteiger partial charge on any atom is -0.390 e. The summed E-state index contributed by atoms with van der Waals surface area (Å²) >= 11 is 0. The van der Waals surface area contributed by atoms with Crippen molar-refractivity contribution in [3.63, 3.8) is 0 Å². The zero-order valence-corrected chi connectivity index (χ0v) is 13.2. The molecule has 1 aliphatic rings. The summed E-state index contributed by atoms with van der Waals surface area (Å²) in [5, 5.41) is 9.89. The van der Waals surface area contributed by atoms with E-state index in [1.807, 2.05) is 0 Å². The van der Waals surface area contributed by atoms with Crippen LogP contribution in [0.15, 0.2) is 29.2 Å². The van der Waals surface area contributed by atoms with Crippen molar-refractivity contribution < 1.29 is 26.3 Å². The molecule has 0 aliphatic carbocycles. The van der Waals surface area contributed by atoms with Crippen LogP contribution >= 0.6 is 0 Å². The molecule has 1 aromatic carbocycles. The maximum Gasteiger partial charge on any atom is 0.243 e. The number of nitrogens with two attached hydrogens (primary N) is 1. The first kappa shape index (κ1) is 17.3. The van der Waals surface area contributed by atoms with Crippen molar-refractivity contribution in [3.8, 4) is 0 Å². The molecular formula is C12H17FN2O5S2. The van der Waals surface area contributed by atoms with Crippen molar-refractivity contribution in [3.05, 3.63) is 30.1 Å². The summed E-state index contributed by atoms with van der Waals surface area (Å²) in [5.41, 5.74) is 5.41. The van der Waals surface area contributed by atoms with E-state index in [1.165, 1.54) is 0 Å². The van der Waals surface area contributed by atoms with Crippen LogP contribution in [0.4, 0.5) is 4.39 Å². The van der Waals surface area contributed by atoms with Gasteiger partial charge in [-0.1, -0.05) is 0 Å². The minimum absolute atomic E-state index is 0.0380. The van der Waals surface area contributed by atoms with Gasteiger partial charge in [0, 0.05) is 13.1 Å². The highest BCUT2D eigenvalue weighted by Gasteiger charge is 2.44. The van der Waals surface area contributed by atoms with E-state index in [0.29, 0.717) is 0 Å². The number of halogens is 1. The zero-order valence-electron chi connectivity index (χ0n) is 11.6. The molecule has 1 heterocycles. The van der Waals surface area contributed by atoms with Crippen molar-refractivity contribution in [2.75, 3.05) is 24.6 Å². The predicted molar refractivity (Wildman–Crippen MR) is 77.8 cm³/mol. The number of hydrogen-bond acceptors (Lipinski definition) is 6. The Morgan fingerprint density at radius 1 is 1.27 bits per heavy atom. The fourth-order valence-electron chi connectivity index (χ4n) is 2.42. The van der Waals surface area contributed by atoms with Gasteiger partial charge in [0.2, 0.25) is 10.0 Å². The fraction of sp³-hybridized carbons (Fsp3) is 0.500. The minimum atomic E-state index is -4.08. The molecule has 0 radical (unpaired) electrons. The van der Waals surface area contributed by atoms with Gasteiger partial charge in [-0.25, -0.2) is 21.2 Å². The average molecular weight is 352 g/mol. The lowest BCUT2D eigenvalue weighted by atomic mass is 10.2. The summed E-state index contributed by atoms with van der Waals surface area (Å²) in [6, 6.07) is 3.07. The lowest BCUT2D eigenvalue weighted by molar-refractivity contribution is 0.129. The third-order valence-electron chi connectivity index (χ3n) is 3.43. The van der Waals surface area contributed by atoms with Gasteiger partial charge in [0.15, 0.2) is 9.84 Å². The van der Waals surface area contributed by atoms with E-state index in [9.17, 15) is 26.3 Å². The van der Waals surface area contributed by atoms with E-state index in [-0.39, 0.29) is 18.0 Å². The molecule has 7 nitrogen and oxygen atoms in total. The lowest BCUT2D eigenvalue weighted by Gasteiger charge is -2.28. The predicted octanol–water partition coefficient (Wildman–Crippen LogP) is -1.07. The Labute approximate surface area is 128 Å². The monoisotopic (exact) mass is 352 g/mol. The number of rotatable bonds is 5. The average Bonchev–Trinajstić information content (AvgIpc) is 2.69. The molecule has 2 atom stereocenters. The van der Waals surface area contributed by atoms with Crippen LogP contribution in [0.2, 0.25) is 0 Å². The van der Waals surface area contributed by atoms with Crippen LogP contribution in [0.25, 0.3) is 0 Å². The molecule has 22 heavy (non-hydrogen) atoms. The first-order chi connectivity index (χ1) is 10.2. The van der Waals surface area contributed by atoms with Gasteiger partial charge in [-0.05, 0) is 24.3 Å². The van der Waals surface area contributed by atoms with Crippen LogP contribution in [0.3, 0.4) is 0 Å². The van der Waals surface area contributed by atoms with Gasteiger partial charge < -0.3 is 10.8 Å². The molecule has 0 aromatic heterocycles. The molecule has 0 spiro atoms. The number of aliphatic hydroxyl groups is 1. The topological polar surface area (TPSA) is 118 Å². The van der Waals surface area contributed by atoms with Crippen molar-refractivity contribution in [1.82, 2.24) is 4.31 Å². The van der Waals surface area contributed by atoms with E-state index in [4.69, 9.17) is 5.73 Å². The van der Waals surface area contributed by atoms with Gasteiger partial charge in [0.25, 0.3) is 0 Å². The van der Waals surface area contributed by atoms with Crippen LogP contribution in [-0.2, 0) is 19.9 Å². The molecule has 2 rings (SSSR count). The number of benzene rings is 1. The van der Waals surface area contributed by atoms with Crippen LogP contribution in [0, 0.1) is 5.82 Å². The Morgan fingerprint density at radius 2 is 1.86 bits per heavy atom. The molecule has 0 amide bonds. The molecule has 0 bridgehead atoms. The molecule has 0 unspecified atom stereocenters. The largest absolute Gasteiger partial charge is 0.390 e. The summed E-state index contributed by atoms with van der Waals surface area (Å²) in [6.07, 6.45) is -1.31. The van der Waals surface area contributed by atoms with Crippen molar-refractivity contribution in [2.45, 2.75) is 17.0 Å². The van der Waals surface area contributed by atoms with Gasteiger partial charge in [0.05, 0.1) is 28.5 Å². The number of sulfonamides is 1. The van der Waals surface area contributed by atoms with E-state index in [0.717, 1.165) is 28.6 Å². The Hall–Kier alpha value is -1.07. The van der Waals surface area contributed by atoms with Gasteiger partial charge in [-0.3, -0.25) is 0 Å². The number of nitrogens with zero attached hydrogens (tertiary/aromatic N) is 1. The van der Waals surface area contributed by atoms with E-state index in [1.54, 1.807) is 0 Å². The van der Waals surface area contributed by atoms with Gasteiger partial charge in [-0.2, -0.15) is 4.31 Å². The summed E-state index contributed by atoms with van der Waals surface area (Å²) in [4.78, 5) is -0.182. The third-order valence-corrected chi connectivity index (χ3v) is 7.07. The van der Waals surface area contributed by atoms with E-state index in [2.05, 4.69) is 0 Å². The molecule has 124 valence electrons. The Morgan fingerprint density at radius 3 is 2.32 bits per heavy atom. The van der Waals surface area contributed by atoms with Crippen molar-refractivity contribution in [2.24, 2.45) is 5.73 Å². The highest BCUT2D eigenvalue weighted by Crippen LogP contribution is 2.25. The second-order valence-corrected chi connectivity index (χ2v) is 9.11. The Bertz CT molecular complexity index is 733. The van der Waals surface area contributed by atoms with E-state index < -0.39 is 49.3 Å². The quantitative estimate of drug-likeness (QED) is 0.697. The maximum absolute atomic E-state index is 12.9. The molecule has 10 heteroatoms. The standard InChI is InChI=1S/C12H17FN2O5S2/c13-9-1-3-10(4-2-9)22(19,20)15(6-5-14)11-7-21(17,18)8-12(11)16/h1-4,11-12,16H,5-8,14H2/t11-,12-/m1/s1. The summed E-state index contributed by atoms with van der Waals surface area (Å²) in [5.74, 6) is -1.54. The van der Waals surface area contributed by atoms with Crippen molar-refractivity contribution in [1.29, 1.82) is 0 Å². The molecular weight excluding hydrogens is 335 g/mol. The van der Waals surface area contributed by atoms with Gasteiger partial charge in [-0.15, -0.1) is 0 Å². The highest BCUT2D eigenvalue weighted by molar-refractivity contribution is 7.92. The molecule has 1 saturated heterocycles. The van der Waals surface area contributed by atoms with Crippen molar-refractivity contribution >= 4 is 19.9 Å². The van der Waals surface area contributed by atoms with Gasteiger partial charge >= 0.3 is 0 Å². The fourth-order valence-corrected chi connectivity index (χ4v) is 5.98. The second kappa shape index (κ2) is 6.20. The first-order valence-electron chi connectivity index (χ1n) is 6.53. The number of hydrogen-bond donors (Lipinski definition) is 2. The Kier molecular flexibility index (Phi) is 4.87. The normalized spacial score (nSPS) is 24.7. The highest BCUT2D eigenvalue weighted by atomic mass is 32.2. The first-order valence-corrected chi connectivity index (χ1v) is 9.79. The van der Waals surface area contributed by atoms with E-state index >= 15 is 0 Å². The molecule has 1 aliphatic heterocycles. The summed E-state index contributed by atoms with van der Waals surface area (Å²) in [7, 11) is -7.60. The smallest absolute Gasteiger partial charge is 0.243 e. The lowest BCUT2D eigenvalue weighted by Crippen LogP contribution is -2.48. The van der Waals surface area contributed by atoms with Crippen LogP contribution in [-0.4, -0.2) is 63.0 Å². The molecule has 3 N–H and O–H groups in total. The third kappa shape index (κ3) is 3.46. The molecule has 1 aromatic rings. The van der Waals surface area contributed by atoms with Crippen LogP contribution in [0.1, 0.15) is 0 Å². The zero-order chi connectivity index (χ0) is 16.5. The van der Waals surface area contributed by atoms with Crippen LogP contribution in [0.5, 0.6) is 0 Å². The number of aliphatic hydroxyl groups excluding tert-OH is 1. The summed E-state index contributed by atoms with van der Waals surface area (Å²) in [6.45, 7) is -0.180. The van der Waals surface area contributed by atoms with Gasteiger partial charge in [0.1, 0.15) is 5.82 Å². The second-order valence-electron chi connectivity index (χ2n) is 5.07. The molecule has 0 saturated carbocycles. The number of sulfone groups is 1. The van der Waals surface area contributed by atoms with Crippen LogP contribution < -0.4 is 5.73 Å². The summed E-state index contributed by atoms with van der Waals surface area (Å²) < 4.78 is 62.3. The SMILES string of the molecule is NCCN([C@@H]1CS(=O)(=O)C[C@H]1O)S(=O)(=O)c1ccc(F)cc1. The Balaban J connectivity index is 2.41.